The van der Waals surface area contributed by atoms with E-state index in [1.165, 1.54) is 14.2 Å². The van der Waals surface area contributed by atoms with Crippen LogP contribution in [-0.2, 0) is 6.42 Å². The second-order valence-electron chi connectivity index (χ2n) is 3.13. The van der Waals surface area contributed by atoms with Gasteiger partial charge in [-0.1, -0.05) is 0 Å². The minimum atomic E-state index is 0.311. The molecule has 68 valence electrons. The number of aryl methyl sites for hydroxylation is 2. The molecule has 1 aromatic heterocycles. The lowest BCUT2D eigenvalue weighted by atomic mass is 10.2. The summed E-state index contributed by atoms with van der Waals surface area (Å²) in [5.74, 6) is 0. The van der Waals surface area contributed by atoms with Crippen molar-refractivity contribution in [2.24, 2.45) is 5.73 Å². The lowest BCUT2D eigenvalue weighted by Crippen LogP contribution is -2.14. The number of hydrogen-bond donors (Lipinski definition) is 1. The van der Waals surface area contributed by atoms with Crippen LogP contribution < -0.4 is 5.73 Å². The van der Waals surface area contributed by atoms with Gasteiger partial charge in [-0.3, -0.25) is 0 Å². The number of hydrogen-bond acceptors (Lipinski definition) is 2. The molecule has 0 aliphatic carbocycles. The Morgan fingerprint density at radius 1 is 1.67 bits per heavy atom. The molecule has 0 aliphatic heterocycles. The first-order valence-corrected chi connectivity index (χ1v) is 5.71. The fraction of sp³-hybridized carbons (Fsp3) is 0.556. The standard InChI is InChI=1S/C9H14BrNS/c1-6(11)3-4-8-5-9(10)7(2)12-8/h5-6H,3-4,11H2,1-2H3. The van der Waals surface area contributed by atoms with Crippen LogP contribution in [0.3, 0.4) is 0 Å². The highest BCUT2D eigenvalue weighted by Gasteiger charge is 2.03. The van der Waals surface area contributed by atoms with E-state index < -0.39 is 0 Å². The van der Waals surface area contributed by atoms with Crippen molar-refractivity contribution in [3.63, 3.8) is 0 Å². The molecule has 1 nitrogen and oxygen atoms in total. The second-order valence-corrected chi connectivity index (χ2v) is 5.33. The van der Waals surface area contributed by atoms with Gasteiger partial charge in [0.2, 0.25) is 0 Å². The van der Waals surface area contributed by atoms with Crippen molar-refractivity contribution in [1.82, 2.24) is 0 Å². The van der Waals surface area contributed by atoms with Gasteiger partial charge in [0.05, 0.1) is 0 Å². The molecule has 0 aromatic carbocycles. The van der Waals surface area contributed by atoms with E-state index in [1.807, 2.05) is 11.3 Å². The molecule has 1 atom stereocenters. The van der Waals surface area contributed by atoms with E-state index in [9.17, 15) is 0 Å². The van der Waals surface area contributed by atoms with E-state index in [4.69, 9.17) is 5.73 Å². The summed E-state index contributed by atoms with van der Waals surface area (Å²) < 4.78 is 1.23. The SMILES string of the molecule is Cc1sc(CCC(C)N)cc1Br. The second kappa shape index (κ2) is 4.40. The summed E-state index contributed by atoms with van der Waals surface area (Å²) in [6.07, 6.45) is 2.18. The average molecular weight is 248 g/mol. The van der Waals surface area contributed by atoms with Gasteiger partial charge in [-0.2, -0.15) is 0 Å². The average Bonchev–Trinajstić information content (AvgIpc) is 2.28. The van der Waals surface area contributed by atoms with Gasteiger partial charge in [-0.25, -0.2) is 0 Å². The van der Waals surface area contributed by atoms with E-state index in [-0.39, 0.29) is 0 Å². The molecule has 12 heavy (non-hydrogen) atoms. The zero-order valence-electron chi connectivity index (χ0n) is 7.43. The van der Waals surface area contributed by atoms with E-state index >= 15 is 0 Å². The molecule has 0 aliphatic rings. The van der Waals surface area contributed by atoms with Crippen LogP contribution in [0, 0.1) is 6.92 Å². The molecule has 0 spiro atoms. The quantitative estimate of drug-likeness (QED) is 0.873. The molecule has 1 heterocycles. The maximum Gasteiger partial charge on any atom is 0.0314 e. The summed E-state index contributed by atoms with van der Waals surface area (Å²) in [6, 6.07) is 2.51. The lowest BCUT2D eigenvalue weighted by molar-refractivity contribution is 0.670. The molecular weight excluding hydrogens is 234 g/mol. The van der Waals surface area contributed by atoms with Crippen molar-refractivity contribution in [3.8, 4) is 0 Å². The molecule has 0 bridgehead atoms. The van der Waals surface area contributed by atoms with Crippen LogP contribution in [0.1, 0.15) is 23.1 Å². The summed E-state index contributed by atoms with van der Waals surface area (Å²) in [4.78, 5) is 2.78. The van der Waals surface area contributed by atoms with E-state index in [0.717, 1.165) is 12.8 Å². The minimum absolute atomic E-state index is 0.311. The van der Waals surface area contributed by atoms with Gasteiger partial charge in [0, 0.05) is 20.3 Å². The van der Waals surface area contributed by atoms with E-state index in [2.05, 4.69) is 35.8 Å². The Morgan fingerprint density at radius 3 is 2.75 bits per heavy atom. The zero-order valence-corrected chi connectivity index (χ0v) is 9.83. The third-order valence-corrected chi connectivity index (χ3v) is 3.95. The summed E-state index contributed by atoms with van der Waals surface area (Å²) in [5, 5.41) is 0. The van der Waals surface area contributed by atoms with Crippen LogP contribution >= 0.6 is 27.3 Å². The first-order chi connectivity index (χ1) is 5.59. The molecule has 0 fully saturated rings. The fourth-order valence-electron chi connectivity index (χ4n) is 1.01. The number of nitrogens with two attached hydrogens (primary N) is 1. The number of thiophene rings is 1. The fourth-order valence-corrected chi connectivity index (χ4v) is 2.63. The predicted molar refractivity (Wildman–Crippen MR) is 58.7 cm³/mol. The summed E-state index contributed by atoms with van der Waals surface area (Å²) in [5.41, 5.74) is 5.68. The van der Waals surface area contributed by atoms with Crippen molar-refractivity contribution >= 4 is 27.3 Å². The molecular formula is C9H14BrNS. The molecule has 0 saturated heterocycles. The van der Waals surface area contributed by atoms with E-state index in [1.54, 1.807) is 0 Å². The van der Waals surface area contributed by atoms with Crippen LogP contribution in [0.5, 0.6) is 0 Å². The third-order valence-electron chi connectivity index (χ3n) is 1.75. The maximum atomic E-state index is 5.68. The van der Waals surface area contributed by atoms with Crippen LogP contribution in [0.2, 0.25) is 0 Å². The number of rotatable bonds is 3. The van der Waals surface area contributed by atoms with Crippen molar-refractivity contribution in [1.29, 1.82) is 0 Å². The van der Waals surface area contributed by atoms with Gasteiger partial charge in [0.1, 0.15) is 0 Å². The molecule has 1 rings (SSSR count). The maximum absolute atomic E-state index is 5.68. The highest BCUT2D eigenvalue weighted by molar-refractivity contribution is 9.10. The van der Waals surface area contributed by atoms with Gasteiger partial charge in [-0.05, 0) is 48.7 Å². The largest absolute Gasteiger partial charge is 0.328 e. The summed E-state index contributed by atoms with van der Waals surface area (Å²) >= 11 is 5.36. The first kappa shape index (κ1) is 10.2. The van der Waals surface area contributed by atoms with Gasteiger partial charge < -0.3 is 5.73 Å². The van der Waals surface area contributed by atoms with E-state index in [0.29, 0.717) is 6.04 Å². The third kappa shape index (κ3) is 2.88. The van der Waals surface area contributed by atoms with Crippen LogP contribution in [-0.4, -0.2) is 6.04 Å². The molecule has 3 heteroatoms. The normalized spacial score (nSPS) is 13.3. The van der Waals surface area contributed by atoms with Crippen molar-refractivity contribution in [2.45, 2.75) is 32.7 Å². The molecule has 1 unspecified atom stereocenters. The Labute approximate surface area is 86.1 Å². The lowest BCUT2D eigenvalue weighted by Gasteiger charge is -2.01. The van der Waals surface area contributed by atoms with Crippen molar-refractivity contribution in [2.75, 3.05) is 0 Å². The first-order valence-electron chi connectivity index (χ1n) is 4.10. The molecule has 1 aromatic rings. The summed E-state index contributed by atoms with van der Waals surface area (Å²) in [6.45, 7) is 4.18. The topological polar surface area (TPSA) is 26.0 Å². The van der Waals surface area contributed by atoms with Crippen molar-refractivity contribution < 1.29 is 0 Å². The Kier molecular flexibility index (Phi) is 3.75. The Balaban J connectivity index is 2.53. The Hall–Kier alpha value is 0.140. The van der Waals surface area contributed by atoms with Crippen LogP contribution in [0.15, 0.2) is 10.5 Å². The minimum Gasteiger partial charge on any atom is -0.328 e. The molecule has 2 N–H and O–H groups in total. The van der Waals surface area contributed by atoms with Gasteiger partial charge in [0.25, 0.3) is 0 Å². The molecule has 0 radical (unpaired) electrons. The smallest absolute Gasteiger partial charge is 0.0314 e. The zero-order chi connectivity index (χ0) is 9.14. The van der Waals surface area contributed by atoms with Crippen LogP contribution in [0.4, 0.5) is 0 Å². The predicted octanol–water partition coefficient (Wildman–Crippen LogP) is 3.10. The summed E-state index contributed by atoms with van der Waals surface area (Å²) in [7, 11) is 0. The highest BCUT2D eigenvalue weighted by atomic mass is 79.9. The monoisotopic (exact) mass is 247 g/mol. The van der Waals surface area contributed by atoms with Gasteiger partial charge in [0.15, 0.2) is 0 Å². The van der Waals surface area contributed by atoms with Crippen molar-refractivity contribution in [3.05, 3.63) is 20.3 Å². The van der Waals surface area contributed by atoms with Gasteiger partial charge >= 0.3 is 0 Å². The Bertz CT molecular complexity index is 236. The Morgan fingerprint density at radius 2 is 2.33 bits per heavy atom. The van der Waals surface area contributed by atoms with Crippen LogP contribution in [0.25, 0.3) is 0 Å². The molecule has 0 amide bonds. The molecule has 0 saturated carbocycles. The number of halogens is 1. The van der Waals surface area contributed by atoms with Gasteiger partial charge in [-0.15, -0.1) is 11.3 Å². The highest BCUT2D eigenvalue weighted by Crippen LogP contribution is 2.27.